The second kappa shape index (κ2) is 4.09. The van der Waals surface area contributed by atoms with Crippen molar-refractivity contribution in [3.8, 4) is 6.07 Å². The summed E-state index contributed by atoms with van der Waals surface area (Å²) in [4.78, 5) is 12.4. The lowest BCUT2D eigenvalue weighted by molar-refractivity contribution is -0.150. The van der Waals surface area contributed by atoms with E-state index in [4.69, 9.17) is 5.26 Å². The first-order chi connectivity index (χ1) is 6.83. The molecule has 0 aliphatic carbocycles. The molecule has 15 heavy (non-hydrogen) atoms. The van der Waals surface area contributed by atoms with Crippen LogP contribution in [0.3, 0.4) is 0 Å². The van der Waals surface area contributed by atoms with Gasteiger partial charge < -0.3 is 4.90 Å². The molecule has 3 nitrogen and oxygen atoms in total. The number of amides is 1. The molecule has 0 bridgehead atoms. The smallest absolute Gasteiger partial charge is 0.338 e. The Kier molecular flexibility index (Phi) is 3.22. The first kappa shape index (κ1) is 11.8. The fourth-order valence-electron chi connectivity index (χ4n) is 1.69. The van der Waals surface area contributed by atoms with Gasteiger partial charge in [-0.05, 0) is 6.92 Å². The molecule has 0 saturated carbocycles. The van der Waals surface area contributed by atoms with Crippen LogP contribution in [0, 0.1) is 17.2 Å². The third-order valence-corrected chi connectivity index (χ3v) is 2.40. The van der Waals surface area contributed by atoms with E-state index < -0.39 is 24.6 Å². The first-order valence-corrected chi connectivity index (χ1v) is 4.59. The van der Waals surface area contributed by atoms with Crippen LogP contribution in [-0.4, -0.2) is 29.6 Å². The van der Waals surface area contributed by atoms with Gasteiger partial charge in [-0.2, -0.15) is 18.4 Å². The van der Waals surface area contributed by atoms with E-state index in [1.807, 2.05) is 6.07 Å². The zero-order valence-corrected chi connectivity index (χ0v) is 8.21. The van der Waals surface area contributed by atoms with E-state index in [-0.39, 0.29) is 18.9 Å². The molecule has 1 aliphatic rings. The molecule has 2 atom stereocenters. The van der Waals surface area contributed by atoms with Crippen LogP contribution in [0.5, 0.6) is 0 Å². The summed E-state index contributed by atoms with van der Waals surface area (Å²) in [5.74, 6) is -0.827. The molecule has 0 aromatic carbocycles. The van der Waals surface area contributed by atoms with Crippen LogP contribution < -0.4 is 0 Å². The molecule has 1 amide bonds. The molecule has 0 aromatic rings. The molecule has 0 spiro atoms. The lowest BCUT2D eigenvalue weighted by Crippen LogP contribution is -2.37. The number of rotatable bonds is 2. The predicted molar refractivity (Wildman–Crippen MR) is 45.6 cm³/mol. The SMILES string of the molecule is CC(CC(F)(F)F)N1CC(C#N)CC1=O. The molecule has 84 valence electrons. The van der Waals surface area contributed by atoms with Crippen LogP contribution >= 0.6 is 0 Å². The third-order valence-electron chi connectivity index (χ3n) is 2.40. The number of nitrogens with zero attached hydrogens (tertiary/aromatic N) is 2. The second-order valence-corrected chi connectivity index (χ2v) is 3.74. The van der Waals surface area contributed by atoms with Crippen molar-refractivity contribution < 1.29 is 18.0 Å². The number of hydrogen-bond donors (Lipinski definition) is 0. The van der Waals surface area contributed by atoms with Crippen LogP contribution in [-0.2, 0) is 4.79 Å². The number of alkyl halides is 3. The minimum atomic E-state index is -4.27. The average Bonchev–Trinajstić information content (AvgIpc) is 2.43. The number of likely N-dealkylation sites (tertiary alicyclic amines) is 1. The van der Waals surface area contributed by atoms with E-state index >= 15 is 0 Å². The van der Waals surface area contributed by atoms with Gasteiger partial charge in [0.2, 0.25) is 5.91 Å². The van der Waals surface area contributed by atoms with Gasteiger partial charge in [-0.15, -0.1) is 0 Å². The Bertz CT molecular complexity index is 295. The van der Waals surface area contributed by atoms with E-state index in [2.05, 4.69) is 0 Å². The highest BCUT2D eigenvalue weighted by Gasteiger charge is 2.38. The molecule has 0 radical (unpaired) electrons. The van der Waals surface area contributed by atoms with Crippen molar-refractivity contribution in [2.24, 2.45) is 5.92 Å². The minimum Gasteiger partial charge on any atom is -0.338 e. The van der Waals surface area contributed by atoms with E-state index in [9.17, 15) is 18.0 Å². The van der Waals surface area contributed by atoms with Crippen LogP contribution in [0.2, 0.25) is 0 Å². The minimum absolute atomic E-state index is 0.0404. The number of carbonyl (C=O) groups is 1. The number of carbonyl (C=O) groups excluding carboxylic acids is 1. The average molecular weight is 220 g/mol. The molecule has 1 aliphatic heterocycles. The zero-order valence-electron chi connectivity index (χ0n) is 8.21. The number of hydrogen-bond acceptors (Lipinski definition) is 2. The summed E-state index contributed by atoms with van der Waals surface area (Å²) in [6, 6.07) is 1.02. The number of nitriles is 1. The van der Waals surface area contributed by atoms with E-state index in [1.165, 1.54) is 6.92 Å². The predicted octanol–water partition coefficient (Wildman–Crippen LogP) is 1.70. The molecule has 2 unspecified atom stereocenters. The van der Waals surface area contributed by atoms with Gasteiger partial charge in [0.15, 0.2) is 0 Å². The molecule has 1 heterocycles. The van der Waals surface area contributed by atoms with Gasteiger partial charge in [-0.1, -0.05) is 0 Å². The van der Waals surface area contributed by atoms with Gasteiger partial charge in [0, 0.05) is 19.0 Å². The molecular formula is C9H11F3N2O. The Morgan fingerprint density at radius 1 is 1.67 bits per heavy atom. The molecule has 1 fully saturated rings. The molecule has 0 N–H and O–H groups in total. The lowest BCUT2D eigenvalue weighted by Gasteiger charge is -2.25. The van der Waals surface area contributed by atoms with Crippen molar-refractivity contribution in [1.29, 1.82) is 5.26 Å². The zero-order chi connectivity index (χ0) is 11.6. The highest BCUT2D eigenvalue weighted by Crippen LogP contribution is 2.27. The van der Waals surface area contributed by atoms with Crippen molar-refractivity contribution in [3.05, 3.63) is 0 Å². The fourth-order valence-corrected chi connectivity index (χ4v) is 1.69. The summed E-state index contributed by atoms with van der Waals surface area (Å²) < 4.78 is 36.2. The third kappa shape index (κ3) is 3.11. The Morgan fingerprint density at radius 2 is 2.27 bits per heavy atom. The molecular weight excluding hydrogens is 209 g/mol. The highest BCUT2D eigenvalue weighted by molar-refractivity contribution is 5.79. The Balaban J connectivity index is 2.58. The van der Waals surface area contributed by atoms with Crippen molar-refractivity contribution in [3.63, 3.8) is 0 Å². The maximum Gasteiger partial charge on any atom is 0.391 e. The topological polar surface area (TPSA) is 44.1 Å². The highest BCUT2D eigenvalue weighted by atomic mass is 19.4. The van der Waals surface area contributed by atoms with Crippen LogP contribution in [0.1, 0.15) is 19.8 Å². The fraction of sp³-hybridized carbons (Fsp3) is 0.778. The van der Waals surface area contributed by atoms with Crippen LogP contribution in [0.25, 0.3) is 0 Å². The quantitative estimate of drug-likeness (QED) is 0.710. The van der Waals surface area contributed by atoms with Gasteiger partial charge in [-0.3, -0.25) is 4.79 Å². The normalized spacial score (nSPS) is 24.1. The maximum absolute atomic E-state index is 12.1. The second-order valence-electron chi connectivity index (χ2n) is 3.74. The molecule has 6 heteroatoms. The summed E-state index contributed by atoms with van der Waals surface area (Å²) in [5.41, 5.74) is 0. The van der Waals surface area contributed by atoms with Gasteiger partial charge in [0.05, 0.1) is 18.4 Å². The number of halogens is 3. The monoisotopic (exact) mass is 220 g/mol. The van der Waals surface area contributed by atoms with Gasteiger partial charge in [0.25, 0.3) is 0 Å². The van der Waals surface area contributed by atoms with Crippen molar-refractivity contribution >= 4 is 5.91 Å². The summed E-state index contributed by atoms with van der Waals surface area (Å²) >= 11 is 0. The van der Waals surface area contributed by atoms with Crippen molar-refractivity contribution in [2.75, 3.05) is 6.54 Å². The van der Waals surface area contributed by atoms with Crippen LogP contribution in [0.15, 0.2) is 0 Å². The maximum atomic E-state index is 12.1. The first-order valence-electron chi connectivity index (χ1n) is 4.59. The summed E-state index contributed by atoms with van der Waals surface area (Å²) in [5, 5.41) is 8.56. The molecule has 1 rings (SSSR count). The molecule has 1 saturated heterocycles. The largest absolute Gasteiger partial charge is 0.391 e. The Morgan fingerprint density at radius 3 is 2.67 bits per heavy atom. The van der Waals surface area contributed by atoms with Gasteiger partial charge in [-0.25, -0.2) is 0 Å². The van der Waals surface area contributed by atoms with Crippen LogP contribution in [0.4, 0.5) is 13.2 Å². The van der Waals surface area contributed by atoms with E-state index in [0.717, 1.165) is 4.90 Å². The Hall–Kier alpha value is -1.25. The van der Waals surface area contributed by atoms with Gasteiger partial charge in [0.1, 0.15) is 0 Å². The van der Waals surface area contributed by atoms with E-state index in [0.29, 0.717) is 0 Å². The lowest BCUT2D eigenvalue weighted by atomic mass is 10.1. The summed E-state index contributed by atoms with van der Waals surface area (Å²) in [6.07, 6.45) is -5.25. The van der Waals surface area contributed by atoms with Crippen molar-refractivity contribution in [1.82, 2.24) is 4.90 Å². The summed E-state index contributed by atoms with van der Waals surface area (Å²) in [6.45, 7) is 1.47. The Labute approximate surface area is 85.5 Å². The standard InChI is InChI=1S/C9H11F3N2O/c1-6(3-9(10,11)12)14-5-7(4-13)2-8(14)15/h6-7H,2-3,5H2,1H3. The van der Waals surface area contributed by atoms with E-state index in [1.54, 1.807) is 0 Å². The molecule has 0 aromatic heterocycles. The summed E-state index contributed by atoms with van der Waals surface area (Å²) in [7, 11) is 0. The van der Waals surface area contributed by atoms with Gasteiger partial charge >= 0.3 is 6.18 Å². The van der Waals surface area contributed by atoms with Crippen molar-refractivity contribution in [2.45, 2.75) is 32.0 Å².